The van der Waals surface area contributed by atoms with Crippen molar-refractivity contribution in [3.63, 3.8) is 0 Å². The monoisotopic (exact) mass is 335 g/mol. The summed E-state index contributed by atoms with van der Waals surface area (Å²) in [7, 11) is 0. The van der Waals surface area contributed by atoms with E-state index in [1.54, 1.807) is 0 Å². The van der Waals surface area contributed by atoms with Gasteiger partial charge in [0.1, 0.15) is 6.54 Å². The number of allylic oxidation sites excluding steroid dienone is 1. The Bertz CT molecular complexity index is 533. The molecular weight excluding hydrogens is 302 g/mol. The van der Waals surface area contributed by atoms with Gasteiger partial charge in [0.2, 0.25) is 0 Å². The molecule has 136 valence electrons. The highest BCUT2D eigenvalue weighted by atomic mass is 16.8. The molecule has 8 atom stereocenters. The fourth-order valence-corrected chi connectivity index (χ4v) is 7.26. The van der Waals surface area contributed by atoms with E-state index in [0.717, 1.165) is 36.7 Å². The number of nitrogens with one attached hydrogen (secondary N) is 1. The van der Waals surface area contributed by atoms with Crippen molar-refractivity contribution in [1.82, 2.24) is 0 Å². The third-order valence-electron chi connectivity index (χ3n) is 8.73. The zero-order valence-corrected chi connectivity index (χ0v) is 15.1. The molecule has 1 unspecified atom stereocenters. The molecule has 0 aromatic rings. The summed E-state index contributed by atoms with van der Waals surface area (Å²) >= 11 is 0. The number of aliphatic hydroxyl groups is 1. The van der Waals surface area contributed by atoms with Crippen molar-refractivity contribution < 1.29 is 15.5 Å². The van der Waals surface area contributed by atoms with Crippen molar-refractivity contribution in [3.05, 3.63) is 16.9 Å². The van der Waals surface area contributed by atoms with Crippen molar-refractivity contribution in [2.75, 3.05) is 6.54 Å². The van der Waals surface area contributed by atoms with Crippen LogP contribution in [0.5, 0.6) is 0 Å². The van der Waals surface area contributed by atoms with E-state index in [0.29, 0.717) is 17.3 Å². The van der Waals surface area contributed by atoms with E-state index in [-0.39, 0.29) is 18.1 Å². The molecule has 4 heteroatoms. The minimum absolute atomic E-state index is 0.0950. The maximum absolute atomic E-state index is 11.1. The molecule has 4 aliphatic carbocycles. The summed E-state index contributed by atoms with van der Waals surface area (Å²) in [6.07, 6.45) is 11.4. The first-order chi connectivity index (χ1) is 11.3. The molecule has 0 heterocycles. The van der Waals surface area contributed by atoms with Gasteiger partial charge in [-0.1, -0.05) is 19.9 Å². The van der Waals surface area contributed by atoms with Crippen molar-refractivity contribution in [1.29, 1.82) is 0 Å². The molecule has 0 aliphatic heterocycles. The van der Waals surface area contributed by atoms with Crippen LogP contribution in [0.25, 0.3) is 0 Å². The van der Waals surface area contributed by atoms with Crippen LogP contribution in [0.4, 0.5) is 0 Å². The maximum Gasteiger partial charge on any atom is 0.128 e. The molecule has 0 aromatic heterocycles. The van der Waals surface area contributed by atoms with E-state index < -0.39 is 5.23 Å². The van der Waals surface area contributed by atoms with Crippen molar-refractivity contribution in [2.45, 2.75) is 71.3 Å². The van der Waals surface area contributed by atoms with Gasteiger partial charge in [-0.15, -0.1) is 0 Å². The van der Waals surface area contributed by atoms with Crippen molar-refractivity contribution in [2.24, 2.45) is 34.5 Å². The van der Waals surface area contributed by atoms with Crippen LogP contribution in [0.3, 0.4) is 0 Å². The summed E-state index contributed by atoms with van der Waals surface area (Å²) in [6.45, 7) is 5.05. The van der Waals surface area contributed by atoms with Gasteiger partial charge >= 0.3 is 0 Å². The summed E-state index contributed by atoms with van der Waals surface area (Å²) < 4.78 is 0. The highest BCUT2D eigenvalue weighted by Gasteiger charge is 2.59. The minimum Gasteiger partial charge on any atom is -0.600 e. The summed E-state index contributed by atoms with van der Waals surface area (Å²) in [5.41, 5.74) is 1.66. The molecule has 0 aromatic carbocycles. The lowest BCUT2D eigenvalue weighted by Crippen LogP contribution is -3.04. The molecular formula is C20H33NO3. The molecule has 0 saturated heterocycles. The first-order valence-electron chi connectivity index (χ1n) is 9.92. The van der Waals surface area contributed by atoms with E-state index >= 15 is 0 Å². The summed E-state index contributed by atoms with van der Waals surface area (Å²) in [5, 5.41) is 30.0. The number of hydroxylamine groups is 2. The second-order valence-corrected chi connectivity index (χ2v) is 9.64. The first-order valence-corrected chi connectivity index (χ1v) is 9.92. The summed E-state index contributed by atoms with van der Waals surface area (Å²) in [5.74, 6) is 2.90. The largest absolute Gasteiger partial charge is 0.600 e. The van der Waals surface area contributed by atoms with Gasteiger partial charge in [-0.25, -0.2) is 10.4 Å². The van der Waals surface area contributed by atoms with Gasteiger partial charge in [-0.3, -0.25) is 0 Å². The number of quaternary nitrogens is 1. The Balaban J connectivity index is 1.57. The molecule has 3 saturated carbocycles. The number of rotatable bonds is 2. The molecule has 4 aliphatic rings. The number of fused-ring (bicyclic) bond motifs is 5. The average molecular weight is 335 g/mol. The molecule has 0 radical (unpaired) electrons. The van der Waals surface area contributed by atoms with Gasteiger partial charge < -0.3 is 10.3 Å². The zero-order chi connectivity index (χ0) is 17.1. The Kier molecular flexibility index (Phi) is 4.11. The van der Waals surface area contributed by atoms with Crippen LogP contribution >= 0.6 is 0 Å². The maximum atomic E-state index is 11.1. The SMILES string of the molecule is C[C@]12CC=C(C[NH+]([O-])O)C[C@@H]1CC[C@H]1[C@H]2CC[C@]2(C)[C@@H](O)CC[C@@H]12. The lowest BCUT2D eigenvalue weighted by Gasteiger charge is -2.59. The fourth-order valence-electron chi connectivity index (χ4n) is 7.26. The summed E-state index contributed by atoms with van der Waals surface area (Å²) in [6, 6.07) is 0. The van der Waals surface area contributed by atoms with Gasteiger partial charge in [0, 0.05) is 0 Å². The molecule has 4 nitrogen and oxygen atoms in total. The number of hydrogen-bond acceptors (Lipinski definition) is 3. The topological polar surface area (TPSA) is 68.0 Å². The van der Waals surface area contributed by atoms with E-state index in [4.69, 9.17) is 5.21 Å². The molecule has 3 N–H and O–H groups in total. The lowest BCUT2D eigenvalue weighted by molar-refractivity contribution is -1.04. The highest BCUT2D eigenvalue weighted by Crippen LogP contribution is 2.65. The second kappa shape index (κ2) is 5.80. The van der Waals surface area contributed by atoms with Crippen LogP contribution in [0, 0.1) is 39.7 Å². The Hall–Kier alpha value is -0.420. The smallest absolute Gasteiger partial charge is 0.128 e. The Morgan fingerprint density at radius 3 is 2.62 bits per heavy atom. The van der Waals surface area contributed by atoms with Gasteiger partial charge in [0.15, 0.2) is 0 Å². The van der Waals surface area contributed by atoms with Crippen LogP contribution in [0.15, 0.2) is 11.6 Å². The molecule has 0 bridgehead atoms. The Morgan fingerprint density at radius 1 is 1.12 bits per heavy atom. The number of aliphatic hydroxyl groups excluding tert-OH is 1. The number of hydrogen-bond donors (Lipinski definition) is 3. The minimum atomic E-state index is -0.688. The van der Waals surface area contributed by atoms with Crippen LogP contribution in [-0.2, 0) is 0 Å². The normalized spacial score (nSPS) is 52.0. The van der Waals surface area contributed by atoms with Crippen LogP contribution in [0.2, 0.25) is 0 Å². The third-order valence-corrected chi connectivity index (χ3v) is 8.73. The predicted molar refractivity (Wildman–Crippen MR) is 92.2 cm³/mol. The van der Waals surface area contributed by atoms with Crippen LogP contribution in [0.1, 0.15) is 65.2 Å². The van der Waals surface area contributed by atoms with Gasteiger partial charge in [-0.2, -0.15) is 0 Å². The molecule has 4 rings (SSSR count). The average Bonchev–Trinajstić information content (AvgIpc) is 2.83. The van der Waals surface area contributed by atoms with Crippen LogP contribution < -0.4 is 5.23 Å². The first kappa shape index (κ1) is 17.0. The lowest BCUT2D eigenvalue weighted by atomic mass is 9.45. The zero-order valence-electron chi connectivity index (χ0n) is 15.1. The molecule has 0 amide bonds. The van der Waals surface area contributed by atoms with E-state index in [9.17, 15) is 10.3 Å². The van der Waals surface area contributed by atoms with E-state index in [1.807, 2.05) is 0 Å². The molecule has 3 fully saturated rings. The van der Waals surface area contributed by atoms with Crippen LogP contribution in [-0.4, -0.2) is 23.0 Å². The highest BCUT2D eigenvalue weighted by molar-refractivity contribution is 5.17. The Morgan fingerprint density at radius 2 is 1.88 bits per heavy atom. The third kappa shape index (κ3) is 2.41. The fraction of sp³-hybridized carbons (Fsp3) is 0.900. The Labute approximate surface area is 145 Å². The molecule has 24 heavy (non-hydrogen) atoms. The predicted octanol–water partition coefficient (Wildman–Crippen LogP) is 2.70. The second-order valence-electron chi connectivity index (χ2n) is 9.64. The van der Waals surface area contributed by atoms with Crippen molar-refractivity contribution in [3.8, 4) is 0 Å². The standard InChI is InChI=1S/C20H33NO3/c1-19-9-7-13(12-21(23)24)11-14(19)3-4-15-16-5-6-18(22)20(16,2)10-8-17(15)19/h7,14-18,21-23H,3-6,8-12H2,1-2H3/t14-,15+,16-,17+,18-,19-,20-/m0/s1. The van der Waals surface area contributed by atoms with Gasteiger partial charge in [0.05, 0.1) is 6.10 Å². The summed E-state index contributed by atoms with van der Waals surface area (Å²) in [4.78, 5) is 0. The van der Waals surface area contributed by atoms with Crippen molar-refractivity contribution >= 4 is 0 Å². The quantitative estimate of drug-likeness (QED) is 0.537. The molecule has 0 spiro atoms. The van der Waals surface area contributed by atoms with Gasteiger partial charge in [0.25, 0.3) is 0 Å². The van der Waals surface area contributed by atoms with E-state index in [2.05, 4.69) is 19.9 Å². The van der Waals surface area contributed by atoms with E-state index in [1.165, 1.54) is 32.1 Å². The van der Waals surface area contributed by atoms with Gasteiger partial charge in [-0.05, 0) is 91.4 Å².